The summed E-state index contributed by atoms with van der Waals surface area (Å²) in [6.45, 7) is 1.74. The molecule has 0 unspecified atom stereocenters. The number of carbonyl (C=O) groups is 2. The van der Waals surface area contributed by atoms with Crippen molar-refractivity contribution < 1.29 is 18.4 Å². The minimum atomic E-state index is -0.326. The number of furan rings is 1. The van der Waals surface area contributed by atoms with Gasteiger partial charge in [0.05, 0.1) is 17.6 Å². The fraction of sp³-hybridized carbons (Fsp3) is 0.148. The summed E-state index contributed by atoms with van der Waals surface area (Å²) in [7, 11) is 0. The van der Waals surface area contributed by atoms with Gasteiger partial charge in [0.15, 0.2) is 5.76 Å². The summed E-state index contributed by atoms with van der Waals surface area (Å²) in [6, 6.07) is 19.1. The molecule has 8 heteroatoms. The van der Waals surface area contributed by atoms with E-state index >= 15 is 0 Å². The van der Waals surface area contributed by atoms with E-state index in [9.17, 15) is 14.0 Å². The van der Waals surface area contributed by atoms with Gasteiger partial charge < -0.3 is 14.2 Å². The zero-order chi connectivity index (χ0) is 24.2. The summed E-state index contributed by atoms with van der Waals surface area (Å²) in [4.78, 5) is 28.7. The highest BCUT2D eigenvalue weighted by Crippen LogP contribution is 2.25. The van der Waals surface area contributed by atoms with Gasteiger partial charge in [-0.3, -0.25) is 9.59 Å². The second-order valence-corrected chi connectivity index (χ2v) is 8.15. The van der Waals surface area contributed by atoms with Crippen molar-refractivity contribution in [2.24, 2.45) is 0 Å². The standard InChI is InChI=1S/C27H23FN4O3/c28-22-11-8-20(9-12-22)26-21(19-32(29-26)23-5-2-1-3-6-23)10-13-25(33)30-14-16-31(17-15-30)27(34)24-7-4-18-35-24/h1-13,18-19H,14-17H2. The number of nitrogens with zero attached hydrogens (tertiary/aromatic N) is 4. The molecule has 35 heavy (non-hydrogen) atoms. The van der Waals surface area contributed by atoms with Crippen LogP contribution in [0.25, 0.3) is 23.0 Å². The molecule has 2 aromatic carbocycles. The van der Waals surface area contributed by atoms with E-state index in [4.69, 9.17) is 4.42 Å². The van der Waals surface area contributed by atoms with Crippen molar-refractivity contribution in [2.45, 2.75) is 0 Å². The summed E-state index contributed by atoms with van der Waals surface area (Å²) < 4.78 is 20.4. The number of carbonyl (C=O) groups excluding carboxylic acids is 2. The van der Waals surface area contributed by atoms with Gasteiger partial charge in [-0.2, -0.15) is 5.10 Å². The van der Waals surface area contributed by atoms with Gasteiger partial charge >= 0.3 is 0 Å². The van der Waals surface area contributed by atoms with Gasteiger partial charge in [-0.25, -0.2) is 9.07 Å². The average molecular weight is 471 g/mol. The lowest BCUT2D eigenvalue weighted by atomic mass is 10.1. The zero-order valence-electron chi connectivity index (χ0n) is 18.9. The number of halogens is 1. The smallest absolute Gasteiger partial charge is 0.289 e. The van der Waals surface area contributed by atoms with Crippen molar-refractivity contribution in [3.05, 3.63) is 102 Å². The molecular weight excluding hydrogens is 447 g/mol. The first-order valence-electron chi connectivity index (χ1n) is 11.3. The van der Waals surface area contributed by atoms with Gasteiger partial charge in [-0.05, 0) is 54.6 Å². The average Bonchev–Trinajstić information content (AvgIpc) is 3.59. The van der Waals surface area contributed by atoms with E-state index in [1.54, 1.807) is 44.8 Å². The van der Waals surface area contributed by atoms with Crippen molar-refractivity contribution in [2.75, 3.05) is 26.2 Å². The summed E-state index contributed by atoms with van der Waals surface area (Å²) in [5.74, 6) is -0.343. The first-order valence-corrected chi connectivity index (χ1v) is 11.3. The Balaban J connectivity index is 1.32. The van der Waals surface area contributed by atoms with E-state index < -0.39 is 0 Å². The van der Waals surface area contributed by atoms with Crippen molar-refractivity contribution in [1.29, 1.82) is 0 Å². The third-order valence-corrected chi connectivity index (χ3v) is 5.90. The molecule has 2 amide bonds. The highest BCUT2D eigenvalue weighted by Gasteiger charge is 2.25. The summed E-state index contributed by atoms with van der Waals surface area (Å²) in [5, 5.41) is 4.69. The SMILES string of the molecule is O=C(C=Cc1cn(-c2ccccc2)nc1-c1ccc(F)cc1)N1CCN(C(=O)c2ccco2)CC1. The van der Waals surface area contributed by atoms with E-state index in [0.29, 0.717) is 37.6 Å². The third kappa shape index (κ3) is 4.91. The largest absolute Gasteiger partial charge is 0.459 e. The molecule has 1 fully saturated rings. The molecule has 1 aliphatic rings. The number of para-hydroxylation sites is 1. The number of aromatic nitrogens is 2. The van der Waals surface area contributed by atoms with Crippen LogP contribution in [0.15, 0.2) is 89.7 Å². The Labute approximate surface area is 201 Å². The molecular formula is C27H23FN4O3. The number of hydrogen-bond acceptors (Lipinski definition) is 4. The number of piperazine rings is 1. The lowest BCUT2D eigenvalue weighted by molar-refractivity contribution is -0.127. The molecule has 5 rings (SSSR count). The van der Waals surface area contributed by atoms with E-state index in [0.717, 1.165) is 16.8 Å². The van der Waals surface area contributed by atoms with Crippen LogP contribution in [-0.2, 0) is 4.79 Å². The molecule has 2 aromatic heterocycles. The van der Waals surface area contributed by atoms with Gasteiger partial charge in [0.2, 0.25) is 5.91 Å². The van der Waals surface area contributed by atoms with Gasteiger partial charge in [-0.1, -0.05) is 18.2 Å². The minimum Gasteiger partial charge on any atom is -0.459 e. The van der Waals surface area contributed by atoms with Crippen LogP contribution >= 0.6 is 0 Å². The Morgan fingerprint density at radius 3 is 2.29 bits per heavy atom. The van der Waals surface area contributed by atoms with Crippen molar-refractivity contribution >= 4 is 17.9 Å². The number of rotatable bonds is 5. The zero-order valence-corrected chi connectivity index (χ0v) is 18.9. The summed E-state index contributed by atoms with van der Waals surface area (Å²) in [5.41, 5.74) is 3.00. The highest BCUT2D eigenvalue weighted by molar-refractivity contribution is 5.94. The van der Waals surface area contributed by atoms with Gasteiger partial charge in [0, 0.05) is 49.6 Å². The van der Waals surface area contributed by atoms with E-state index in [1.165, 1.54) is 24.5 Å². The molecule has 0 spiro atoms. The quantitative estimate of drug-likeness (QED) is 0.409. The van der Waals surface area contributed by atoms with Gasteiger partial charge in [0.1, 0.15) is 5.82 Å². The lowest BCUT2D eigenvalue weighted by Gasteiger charge is -2.33. The Bertz CT molecular complexity index is 1340. The van der Waals surface area contributed by atoms with Crippen molar-refractivity contribution in [1.82, 2.24) is 19.6 Å². The summed E-state index contributed by atoms with van der Waals surface area (Å²) >= 11 is 0. The normalized spacial score (nSPS) is 14.0. The van der Waals surface area contributed by atoms with Crippen LogP contribution < -0.4 is 0 Å². The molecule has 1 saturated heterocycles. The lowest BCUT2D eigenvalue weighted by Crippen LogP contribution is -2.50. The fourth-order valence-electron chi connectivity index (χ4n) is 4.01. The number of amides is 2. The first-order chi connectivity index (χ1) is 17.1. The monoisotopic (exact) mass is 470 g/mol. The van der Waals surface area contributed by atoms with Crippen LogP contribution in [0.2, 0.25) is 0 Å². The Morgan fingerprint density at radius 1 is 0.886 bits per heavy atom. The fourth-order valence-corrected chi connectivity index (χ4v) is 4.01. The predicted octanol–water partition coefficient (Wildman–Crippen LogP) is 4.27. The van der Waals surface area contributed by atoms with Crippen molar-refractivity contribution in [3.8, 4) is 16.9 Å². The second kappa shape index (κ2) is 9.80. The van der Waals surface area contributed by atoms with E-state index in [2.05, 4.69) is 5.10 Å². The van der Waals surface area contributed by atoms with Crippen LogP contribution in [0.1, 0.15) is 16.1 Å². The number of hydrogen-bond donors (Lipinski definition) is 0. The van der Waals surface area contributed by atoms with Crippen LogP contribution in [0, 0.1) is 5.82 Å². The van der Waals surface area contributed by atoms with E-state index in [1.807, 2.05) is 36.5 Å². The Hall–Kier alpha value is -4.46. The van der Waals surface area contributed by atoms with Gasteiger partial charge in [0.25, 0.3) is 5.91 Å². The highest BCUT2D eigenvalue weighted by atomic mass is 19.1. The summed E-state index contributed by atoms with van der Waals surface area (Å²) in [6.07, 6.45) is 6.56. The molecule has 0 saturated carbocycles. The predicted molar refractivity (Wildman–Crippen MR) is 129 cm³/mol. The molecule has 0 radical (unpaired) electrons. The molecule has 4 aromatic rings. The minimum absolute atomic E-state index is 0.146. The van der Waals surface area contributed by atoms with Crippen LogP contribution in [0.3, 0.4) is 0 Å². The first kappa shape index (κ1) is 22.3. The molecule has 0 N–H and O–H groups in total. The maximum Gasteiger partial charge on any atom is 0.289 e. The van der Waals surface area contributed by atoms with Crippen LogP contribution in [0.4, 0.5) is 4.39 Å². The van der Waals surface area contributed by atoms with Crippen LogP contribution in [0.5, 0.6) is 0 Å². The Morgan fingerprint density at radius 2 is 1.60 bits per heavy atom. The Kier molecular flexibility index (Phi) is 6.26. The second-order valence-electron chi connectivity index (χ2n) is 8.15. The number of benzene rings is 2. The molecule has 7 nitrogen and oxygen atoms in total. The maximum atomic E-state index is 13.5. The van der Waals surface area contributed by atoms with Crippen LogP contribution in [-0.4, -0.2) is 57.6 Å². The van der Waals surface area contributed by atoms with Crippen molar-refractivity contribution in [3.63, 3.8) is 0 Å². The molecule has 1 aliphatic heterocycles. The molecule has 176 valence electrons. The van der Waals surface area contributed by atoms with E-state index in [-0.39, 0.29) is 17.6 Å². The maximum absolute atomic E-state index is 13.5. The molecule has 3 heterocycles. The molecule has 0 aliphatic carbocycles. The molecule has 0 atom stereocenters. The third-order valence-electron chi connectivity index (χ3n) is 5.90. The molecule has 0 bridgehead atoms. The topological polar surface area (TPSA) is 71.6 Å². The van der Waals surface area contributed by atoms with Gasteiger partial charge in [-0.15, -0.1) is 0 Å².